The second-order valence-corrected chi connectivity index (χ2v) is 9.53. The van der Waals surface area contributed by atoms with E-state index >= 15 is 0 Å². The summed E-state index contributed by atoms with van der Waals surface area (Å²) in [5, 5.41) is 24.0. The lowest BCUT2D eigenvalue weighted by atomic mass is 9.85. The number of aliphatic hydroxyl groups is 1. The van der Waals surface area contributed by atoms with Crippen LogP contribution in [0.1, 0.15) is 35.3 Å². The smallest absolute Gasteiger partial charge is 0.255 e. The zero-order valence-corrected chi connectivity index (χ0v) is 20.6. The highest BCUT2D eigenvalue weighted by molar-refractivity contribution is 7.21. The molecule has 0 saturated heterocycles. The van der Waals surface area contributed by atoms with Crippen molar-refractivity contribution in [3.05, 3.63) is 71.3 Å². The number of nitrogens with one attached hydrogen (secondary N) is 2. The molecule has 182 valence electrons. The lowest BCUT2D eigenvalue weighted by molar-refractivity contribution is -0.118. The Balaban J connectivity index is 1.52. The summed E-state index contributed by atoms with van der Waals surface area (Å²) in [6, 6.07) is 17.9. The summed E-state index contributed by atoms with van der Waals surface area (Å²) in [4.78, 5) is 33.6. The van der Waals surface area contributed by atoms with Gasteiger partial charge in [0.1, 0.15) is 22.7 Å². The van der Waals surface area contributed by atoms with Gasteiger partial charge in [-0.1, -0.05) is 29.5 Å². The first-order valence-corrected chi connectivity index (χ1v) is 11.8. The molecule has 4 aromatic rings. The van der Waals surface area contributed by atoms with E-state index in [1.807, 2.05) is 19.1 Å². The highest BCUT2D eigenvalue weighted by atomic mass is 32.1. The van der Waals surface area contributed by atoms with Crippen LogP contribution in [0, 0.1) is 18.3 Å². The van der Waals surface area contributed by atoms with E-state index in [1.54, 1.807) is 56.3 Å². The minimum absolute atomic E-state index is 0.299. The van der Waals surface area contributed by atoms with Crippen LogP contribution in [0.2, 0.25) is 0 Å². The van der Waals surface area contributed by atoms with Gasteiger partial charge in [0.25, 0.3) is 11.8 Å². The van der Waals surface area contributed by atoms with Gasteiger partial charge < -0.3 is 15.2 Å². The number of aromatic nitrogens is 2. The zero-order chi connectivity index (χ0) is 25.9. The van der Waals surface area contributed by atoms with Crippen molar-refractivity contribution >= 4 is 44.3 Å². The Morgan fingerprint density at radius 1 is 1.11 bits per heavy atom. The number of nitrogens with zero attached hydrogens (tertiary/aromatic N) is 3. The quantitative estimate of drug-likeness (QED) is 0.331. The van der Waals surface area contributed by atoms with Gasteiger partial charge in [-0.15, -0.1) is 0 Å². The van der Waals surface area contributed by atoms with Gasteiger partial charge in [0.2, 0.25) is 5.88 Å². The zero-order valence-electron chi connectivity index (χ0n) is 19.8. The summed E-state index contributed by atoms with van der Waals surface area (Å²) in [5.74, 6) is -0.0630. The third-order valence-electron chi connectivity index (χ3n) is 5.43. The highest BCUT2D eigenvalue weighted by Crippen LogP contribution is 2.30. The minimum Gasteiger partial charge on any atom is -0.439 e. The minimum atomic E-state index is -0.711. The molecule has 2 amide bonds. The van der Waals surface area contributed by atoms with E-state index in [4.69, 9.17) is 9.84 Å². The molecule has 3 N–H and O–H groups in total. The molecule has 0 aliphatic rings. The van der Waals surface area contributed by atoms with Gasteiger partial charge in [0.05, 0.1) is 11.5 Å². The van der Waals surface area contributed by atoms with E-state index in [1.165, 1.54) is 0 Å². The molecule has 10 heteroatoms. The van der Waals surface area contributed by atoms with Crippen molar-refractivity contribution in [2.75, 3.05) is 17.2 Å². The van der Waals surface area contributed by atoms with Crippen LogP contribution in [0.25, 0.3) is 10.3 Å². The summed E-state index contributed by atoms with van der Waals surface area (Å²) >= 11 is 1.16. The number of amides is 2. The van der Waals surface area contributed by atoms with Gasteiger partial charge >= 0.3 is 0 Å². The molecule has 9 nitrogen and oxygen atoms in total. The lowest BCUT2D eigenvalue weighted by Gasteiger charge is -2.17. The molecule has 2 aromatic heterocycles. The number of aryl methyl sites for hydroxylation is 1. The molecular formula is C26H23N5O4S. The van der Waals surface area contributed by atoms with Crippen LogP contribution in [0.4, 0.5) is 10.8 Å². The number of pyridine rings is 1. The SMILES string of the molecule is Cc1ccc(Oc2ccc3nc(NC(=O)CO)sc3n2)cc1NC(=O)c1cccc(C(C)(C)C#N)c1. The van der Waals surface area contributed by atoms with Crippen LogP contribution in [0.15, 0.2) is 54.6 Å². The molecule has 0 atom stereocenters. The van der Waals surface area contributed by atoms with Gasteiger partial charge in [0.15, 0.2) is 5.13 Å². The number of fused-ring (bicyclic) bond motifs is 1. The van der Waals surface area contributed by atoms with Crippen LogP contribution in [-0.4, -0.2) is 33.5 Å². The second-order valence-electron chi connectivity index (χ2n) is 8.55. The first-order valence-electron chi connectivity index (χ1n) is 11.0. The maximum atomic E-state index is 13.0. The number of anilines is 2. The van der Waals surface area contributed by atoms with Crippen molar-refractivity contribution < 1.29 is 19.4 Å². The Morgan fingerprint density at radius 2 is 1.92 bits per heavy atom. The van der Waals surface area contributed by atoms with Crippen molar-refractivity contribution in [3.8, 4) is 17.7 Å². The molecule has 2 heterocycles. The van der Waals surface area contributed by atoms with Crippen LogP contribution in [0.3, 0.4) is 0 Å². The normalized spacial score (nSPS) is 11.1. The first-order chi connectivity index (χ1) is 17.2. The Kier molecular flexibility index (Phi) is 6.96. The topological polar surface area (TPSA) is 137 Å². The van der Waals surface area contributed by atoms with Crippen molar-refractivity contribution in [1.29, 1.82) is 5.26 Å². The van der Waals surface area contributed by atoms with Crippen molar-refractivity contribution in [2.45, 2.75) is 26.2 Å². The van der Waals surface area contributed by atoms with E-state index in [2.05, 4.69) is 26.7 Å². The standard InChI is InChI=1S/C26H23N5O4S/c1-15-7-8-18(35-22-10-9-19-24(31-22)36-25(29-19)30-21(33)13-32)12-20(15)28-23(34)16-5-4-6-17(11-16)26(2,3)14-27/h4-12,32H,13H2,1-3H3,(H,28,34)(H,29,30,33). The lowest BCUT2D eigenvalue weighted by Crippen LogP contribution is -2.17. The predicted octanol–water partition coefficient (Wildman–Crippen LogP) is 4.78. The highest BCUT2D eigenvalue weighted by Gasteiger charge is 2.21. The molecule has 0 unspecified atom stereocenters. The molecule has 4 rings (SSSR count). The monoisotopic (exact) mass is 501 g/mol. The van der Waals surface area contributed by atoms with Crippen molar-refractivity contribution in [3.63, 3.8) is 0 Å². The van der Waals surface area contributed by atoms with E-state index in [0.717, 1.165) is 22.5 Å². The molecule has 0 fully saturated rings. The summed E-state index contributed by atoms with van der Waals surface area (Å²) in [6.45, 7) is 4.85. The van der Waals surface area contributed by atoms with Gasteiger partial charge in [0, 0.05) is 23.4 Å². The third-order valence-corrected chi connectivity index (χ3v) is 6.31. The van der Waals surface area contributed by atoms with Gasteiger partial charge in [-0.05, 0) is 56.2 Å². The average Bonchev–Trinajstić information content (AvgIpc) is 3.27. The number of carbonyl (C=O) groups is 2. The summed E-state index contributed by atoms with van der Waals surface area (Å²) in [6.07, 6.45) is 0. The number of benzene rings is 2. The number of ether oxygens (including phenoxy) is 1. The van der Waals surface area contributed by atoms with Gasteiger partial charge in [-0.3, -0.25) is 14.9 Å². The number of carbonyl (C=O) groups excluding carboxylic acids is 2. The molecule has 0 bridgehead atoms. The Labute approximate surface area is 211 Å². The molecule has 0 aliphatic carbocycles. The largest absolute Gasteiger partial charge is 0.439 e. The van der Waals surface area contributed by atoms with Crippen LogP contribution in [-0.2, 0) is 10.2 Å². The molecule has 0 aliphatic heterocycles. The van der Waals surface area contributed by atoms with E-state index in [9.17, 15) is 14.9 Å². The molecule has 0 spiro atoms. The van der Waals surface area contributed by atoms with Crippen molar-refractivity contribution in [2.24, 2.45) is 0 Å². The fourth-order valence-corrected chi connectivity index (χ4v) is 4.14. The van der Waals surface area contributed by atoms with Gasteiger partial charge in [-0.25, -0.2) is 9.97 Å². The van der Waals surface area contributed by atoms with Crippen molar-refractivity contribution in [1.82, 2.24) is 9.97 Å². The molecule has 36 heavy (non-hydrogen) atoms. The summed E-state index contributed by atoms with van der Waals surface area (Å²) in [7, 11) is 0. The Bertz CT molecular complexity index is 1510. The summed E-state index contributed by atoms with van der Waals surface area (Å²) < 4.78 is 5.91. The first kappa shape index (κ1) is 24.8. The van der Waals surface area contributed by atoms with Crippen LogP contribution >= 0.6 is 11.3 Å². The summed E-state index contributed by atoms with van der Waals surface area (Å²) in [5.41, 5.74) is 2.50. The maximum absolute atomic E-state index is 13.0. The van der Waals surface area contributed by atoms with E-state index in [0.29, 0.717) is 38.4 Å². The molecular weight excluding hydrogens is 478 g/mol. The number of hydrogen-bond donors (Lipinski definition) is 3. The predicted molar refractivity (Wildman–Crippen MR) is 137 cm³/mol. The van der Waals surface area contributed by atoms with E-state index in [-0.39, 0.29) is 5.91 Å². The number of nitriles is 1. The number of hydrogen-bond acceptors (Lipinski definition) is 8. The Morgan fingerprint density at radius 3 is 2.67 bits per heavy atom. The van der Waals surface area contributed by atoms with E-state index < -0.39 is 17.9 Å². The molecule has 2 aromatic carbocycles. The van der Waals surface area contributed by atoms with Gasteiger partial charge in [-0.2, -0.15) is 5.26 Å². The molecule has 0 saturated carbocycles. The second kappa shape index (κ2) is 10.1. The van der Waals surface area contributed by atoms with Crippen LogP contribution in [0.5, 0.6) is 11.6 Å². The number of thiazole rings is 1. The average molecular weight is 502 g/mol. The third kappa shape index (κ3) is 5.49. The van der Waals surface area contributed by atoms with Crippen LogP contribution < -0.4 is 15.4 Å². The number of rotatable bonds is 7. The fourth-order valence-electron chi connectivity index (χ4n) is 3.30. The fraction of sp³-hybridized carbons (Fsp3) is 0.192. The molecule has 0 radical (unpaired) electrons. The Hall–Kier alpha value is -4.33. The maximum Gasteiger partial charge on any atom is 0.255 e. The number of aliphatic hydroxyl groups excluding tert-OH is 1.